The molecule has 0 spiro atoms. The molecule has 2 unspecified atom stereocenters. The van der Waals surface area contributed by atoms with Crippen LogP contribution in [0.3, 0.4) is 0 Å². The number of rotatable bonds is 4. The molecule has 1 aliphatic heterocycles. The molecule has 1 aliphatic rings. The number of hydrogen-bond donors (Lipinski definition) is 1. The Balaban J connectivity index is 2.20. The Kier molecular flexibility index (Phi) is 4.23. The van der Waals surface area contributed by atoms with Gasteiger partial charge in [-0.05, 0) is 19.9 Å². The molecule has 0 bridgehead atoms. The molecule has 0 amide bonds. The van der Waals surface area contributed by atoms with Crippen molar-refractivity contribution in [3.05, 3.63) is 0 Å². The summed E-state index contributed by atoms with van der Waals surface area (Å²) in [6.07, 6.45) is 7.99. The normalized spacial score (nSPS) is 27.8. The van der Waals surface area contributed by atoms with Crippen molar-refractivity contribution in [3.63, 3.8) is 0 Å². The van der Waals surface area contributed by atoms with Gasteiger partial charge in [0.25, 0.3) is 0 Å². The van der Waals surface area contributed by atoms with Crippen LogP contribution >= 0.6 is 0 Å². The first-order valence-corrected chi connectivity index (χ1v) is 4.73. The average Bonchev–Trinajstić information content (AvgIpc) is 2.52. The van der Waals surface area contributed by atoms with Gasteiger partial charge in [0.05, 0.1) is 18.8 Å². The van der Waals surface area contributed by atoms with Crippen molar-refractivity contribution in [2.75, 3.05) is 26.7 Å². The van der Waals surface area contributed by atoms with Crippen LogP contribution < -0.4 is 5.73 Å². The number of ether oxygens (including phenoxy) is 1. The molecule has 3 heteroatoms. The number of likely N-dealkylation sites (N-methyl/N-ethyl adjacent to an activating group) is 1. The first kappa shape index (κ1) is 10.5. The molecule has 74 valence electrons. The second-order valence-corrected chi connectivity index (χ2v) is 3.59. The summed E-state index contributed by atoms with van der Waals surface area (Å²) in [7, 11) is 2.01. The largest absolute Gasteiger partial charge is 0.372 e. The topological polar surface area (TPSA) is 38.5 Å². The molecule has 0 aromatic heterocycles. The Labute approximate surface area is 80.2 Å². The van der Waals surface area contributed by atoms with Gasteiger partial charge in [-0.1, -0.05) is 5.92 Å². The zero-order valence-corrected chi connectivity index (χ0v) is 8.20. The van der Waals surface area contributed by atoms with Crippen molar-refractivity contribution >= 4 is 0 Å². The SMILES string of the molecule is C#CCN(C)CC1CCC(CN)O1. The fourth-order valence-corrected chi connectivity index (χ4v) is 1.66. The molecule has 0 aromatic rings. The summed E-state index contributed by atoms with van der Waals surface area (Å²) in [5.74, 6) is 2.61. The third kappa shape index (κ3) is 3.35. The molecule has 13 heavy (non-hydrogen) atoms. The van der Waals surface area contributed by atoms with Crippen LogP contribution in [-0.2, 0) is 4.74 Å². The second kappa shape index (κ2) is 5.23. The van der Waals surface area contributed by atoms with Gasteiger partial charge in [-0.25, -0.2) is 0 Å². The molecular formula is C10H18N2O. The van der Waals surface area contributed by atoms with Gasteiger partial charge in [-0.3, -0.25) is 4.90 Å². The molecule has 1 heterocycles. The highest BCUT2D eigenvalue weighted by Crippen LogP contribution is 2.19. The molecule has 0 radical (unpaired) electrons. The molecule has 1 fully saturated rings. The van der Waals surface area contributed by atoms with E-state index in [-0.39, 0.29) is 6.10 Å². The van der Waals surface area contributed by atoms with Crippen LogP contribution in [-0.4, -0.2) is 43.8 Å². The van der Waals surface area contributed by atoms with E-state index in [0.29, 0.717) is 19.2 Å². The Morgan fingerprint density at radius 2 is 2.23 bits per heavy atom. The minimum atomic E-state index is 0.268. The van der Waals surface area contributed by atoms with Crippen molar-refractivity contribution in [1.29, 1.82) is 0 Å². The molecule has 3 nitrogen and oxygen atoms in total. The standard InChI is InChI=1S/C10H18N2O/c1-3-6-12(2)8-10-5-4-9(7-11)13-10/h1,9-10H,4-8,11H2,2H3. The molecule has 1 saturated heterocycles. The average molecular weight is 182 g/mol. The summed E-state index contributed by atoms with van der Waals surface area (Å²) in [4.78, 5) is 2.10. The summed E-state index contributed by atoms with van der Waals surface area (Å²) in [6, 6.07) is 0. The van der Waals surface area contributed by atoms with E-state index in [1.54, 1.807) is 0 Å². The fraction of sp³-hybridized carbons (Fsp3) is 0.800. The van der Waals surface area contributed by atoms with Crippen molar-refractivity contribution in [1.82, 2.24) is 4.90 Å². The second-order valence-electron chi connectivity index (χ2n) is 3.59. The van der Waals surface area contributed by atoms with E-state index in [0.717, 1.165) is 19.4 Å². The molecule has 0 aliphatic carbocycles. The Hall–Kier alpha value is -0.560. The predicted octanol–water partition coefficient (Wildman–Crippen LogP) is 0.0577. The van der Waals surface area contributed by atoms with Gasteiger partial charge in [0, 0.05) is 13.1 Å². The lowest BCUT2D eigenvalue weighted by molar-refractivity contribution is 0.0340. The molecule has 1 rings (SSSR count). The zero-order chi connectivity index (χ0) is 9.68. The molecule has 0 saturated carbocycles. The minimum Gasteiger partial charge on any atom is -0.372 e. The Morgan fingerprint density at radius 1 is 1.54 bits per heavy atom. The van der Waals surface area contributed by atoms with Gasteiger partial charge in [0.1, 0.15) is 0 Å². The van der Waals surface area contributed by atoms with E-state index < -0.39 is 0 Å². The number of terminal acetylenes is 1. The summed E-state index contributed by atoms with van der Waals surface area (Å²) < 4.78 is 5.69. The van der Waals surface area contributed by atoms with Crippen LogP contribution in [0.2, 0.25) is 0 Å². The van der Waals surface area contributed by atoms with Gasteiger partial charge in [0.2, 0.25) is 0 Å². The van der Waals surface area contributed by atoms with E-state index in [4.69, 9.17) is 16.9 Å². The summed E-state index contributed by atoms with van der Waals surface area (Å²) in [5.41, 5.74) is 5.51. The maximum Gasteiger partial charge on any atom is 0.0707 e. The van der Waals surface area contributed by atoms with Gasteiger partial charge in [-0.2, -0.15) is 0 Å². The Bertz CT molecular complexity index is 188. The molecular weight excluding hydrogens is 164 g/mol. The van der Waals surface area contributed by atoms with Crippen molar-refractivity contribution in [3.8, 4) is 12.3 Å². The number of nitrogens with zero attached hydrogens (tertiary/aromatic N) is 1. The predicted molar refractivity (Wildman–Crippen MR) is 53.3 cm³/mol. The summed E-state index contributed by atoms with van der Waals surface area (Å²) >= 11 is 0. The van der Waals surface area contributed by atoms with E-state index in [2.05, 4.69) is 10.8 Å². The third-order valence-electron chi connectivity index (χ3n) is 2.33. The lowest BCUT2D eigenvalue weighted by Crippen LogP contribution is -2.30. The lowest BCUT2D eigenvalue weighted by atomic mass is 10.2. The van der Waals surface area contributed by atoms with Crippen LogP contribution in [0, 0.1) is 12.3 Å². The zero-order valence-electron chi connectivity index (χ0n) is 8.20. The highest BCUT2D eigenvalue weighted by Gasteiger charge is 2.24. The van der Waals surface area contributed by atoms with E-state index in [9.17, 15) is 0 Å². The quantitative estimate of drug-likeness (QED) is 0.625. The van der Waals surface area contributed by atoms with Gasteiger partial charge < -0.3 is 10.5 Å². The maximum absolute atomic E-state index is 5.69. The maximum atomic E-state index is 5.69. The molecule has 2 atom stereocenters. The van der Waals surface area contributed by atoms with Crippen LogP contribution in [0.5, 0.6) is 0 Å². The summed E-state index contributed by atoms with van der Waals surface area (Å²) in [5, 5.41) is 0. The highest BCUT2D eigenvalue weighted by atomic mass is 16.5. The van der Waals surface area contributed by atoms with Gasteiger partial charge in [-0.15, -0.1) is 6.42 Å². The van der Waals surface area contributed by atoms with Gasteiger partial charge in [0.15, 0.2) is 0 Å². The monoisotopic (exact) mass is 182 g/mol. The Morgan fingerprint density at radius 3 is 2.77 bits per heavy atom. The first-order valence-electron chi connectivity index (χ1n) is 4.73. The van der Waals surface area contributed by atoms with E-state index in [1.807, 2.05) is 7.05 Å². The highest BCUT2D eigenvalue weighted by molar-refractivity contribution is 4.88. The van der Waals surface area contributed by atoms with Crippen molar-refractivity contribution in [2.24, 2.45) is 5.73 Å². The minimum absolute atomic E-state index is 0.268. The summed E-state index contributed by atoms with van der Waals surface area (Å²) in [6.45, 7) is 2.24. The first-order chi connectivity index (χ1) is 6.26. The molecule has 0 aromatic carbocycles. The number of nitrogens with two attached hydrogens (primary N) is 1. The molecule has 2 N–H and O–H groups in total. The van der Waals surface area contributed by atoms with E-state index in [1.165, 1.54) is 0 Å². The van der Waals surface area contributed by atoms with Crippen LogP contribution in [0.4, 0.5) is 0 Å². The third-order valence-corrected chi connectivity index (χ3v) is 2.33. The smallest absolute Gasteiger partial charge is 0.0707 e. The van der Waals surface area contributed by atoms with Gasteiger partial charge >= 0.3 is 0 Å². The van der Waals surface area contributed by atoms with Crippen LogP contribution in [0.1, 0.15) is 12.8 Å². The van der Waals surface area contributed by atoms with Crippen LogP contribution in [0.25, 0.3) is 0 Å². The van der Waals surface area contributed by atoms with Crippen LogP contribution in [0.15, 0.2) is 0 Å². The van der Waals surface area contributed by atoms with Crippen molar-refractivity contribution < 1.29 is 4.74 Å². The fourth-order valence-electron chi connectivity index (χ4n) is 1.66. The van der Waals surface area contributed by atoms with Crippen molar-refractivity contribution in [2.45, 2.75) is 25.0 Å². The van der Waals surface area contributed by atoms with E-state index >= 15 is 0 Å². The lowest BCUT2D eigenvalue weighted by Gasteiger charge is -2.18. The number of hydrogen-bond acceptors (Lipinski definition) is 3.